The summed E-state index contributed by atoms with van der Waals surface area (Å²) in [5, 5.41) is 18.4. The van der Waals surface area contributed by atoms with Crippen molar-refractivity contribution in [3.05, 3.63) is 29.3 Å². The van der Waals surface area contributed by atoms with E-state index in [1.54, 1.807) is 6.07 Å². The molecule has 2 nitrogen and oxygen atoms in total. The molecule has 14 heavy (non-hydrogen) atoms. The van der Waals surface area contributed by atoms with E-state index in [1.165, 1.54) is 17.5 Å². The van der Waals surface area contributed by atoms with Gasteiger partial charge >= 0.3 is 0 Å². The minimum Gasteiger partial charge on any atom is -0.508 e. The van der Waals surface area contributed by atoms with Crippen molar-refractivity contribution in [1.82, 2.24) is 0 Å². The summed E-state index contributed by atoms with van der Waals surface area (Å²) in [5.74, 6) is 0.782. The van der Waals surface area contributed by atoms with Crippen LogP contribution in [0.2, 0.25) is 0 Å². The van der Waals surface area contributed by atoms with Crippen LogP contribution in [0.1, 0.15) is 36.3 Å². The highest BCUT2D eigenvalue weighted by atomic mass is 16.3. The van der Waals surface area contributed by atoms with Crippen molar-refractivity contribution in [2.24, 2.45) is 0 Å². The summed E-state index contributed by atoms with van der Waals surface area (Å²) in [6.45, 7) is 0.236. The summed E-state index contributed by atoms with van der Waals surface area (Å²) in [4.78, 5) is 0. The Morgan fingerprint density at radius 1 is 1.36 bits per heavy atom. The van der Waals surface area contributed by atoms with E-state index in [2.05, 4.69) is 0 Å². The molecule has 2 rings (SSSR count). The topological polar surface area (TPSA) is 40.5 Å². The van der Waals surface area contributed by atoms with Crippen LogP contribution in [-0.4, -0.2) is 16.8 Å². The first-order chi connectivity index (χ1) is 6.81. The zero-order valence-electron chi connectivity index (χ0n) is 8.24. The maximum Gasteiger partial charge on any atom is 0.115 e. The van der Waals surface area contributed by atoms with E-state index >= 15 is 0 Å². The van der Waals surface area contributed by atoms with E-state index in [9.17, 15) is 5.11 Å². The first-order valence-electron chi connectivity index (χ1n) is 5.24. The Labute approximate surface area is 84.2 Å². The fourth-order valence-electron chi connectivity index (χ4n) is 2.34. The van der Waals surface area contributed by atoms with Crippen molar-refractivity contribution < 1.29 is 10.2 Å². The second kappa shape index (κ2) is 4.01. The van der Waals surface area contributed by atoms with Gasteiger partial charge in [-0.1, -0.05) is 6.07 Å². The van der Waals surface area contributed by atoms with Crippen molar-refractivity contribution in [2.75, 3.05) is 6.61 Å². The Balaban J connectivity index is 2.32. The zero-order valence-corrected chi connectivity index (χ0v) is 8.24. The van der Waals surface area contributed by atoms with Crippen molar-refractivity contribution in [1.29, 1.82) is 0 Å². The summed E-state index contributed by atoms with van der Waals surface area (Å²) < 4.78 is 0. The molecule has 0 amide bonds. The molecule has 2 N–H and O–H groups in total. The number of aliphatic hydroxyl groups is 1. The lowest BCUT2D eigenvalue weighted by atomic mass is 9.81. The van der Waals surface area contributed by atoms with Gasteiger partial charge in [0, 0.05) is 6.61 Å². The first kappa shape index (κ1) is 9.53. The quantitative estimate of drug-likeness (QED) is 0.754. The third-order valence-corrected chi connectivity index (χ3v) is 3.05. The lowest BCUT2D eigenvalue weighted by Gasteiger charge is -2.24. The highest BCUT2D eigenvalue weighted by molar-refractivity contribution is 5.38. The van der Waals surface area contributed by atoms with Crippen LogP contribution in [0, 0.1) is 0 Å². The molecule has 1 atom stereocenters. The molecule has 0 bridgehead atoms. The number of phenolic OH excluding ortho intramolecular Hbond substituents is 1. The highest BCUT2D eigenvalue weighted by Gasteiger charge is 2.19. The van der Waals surface area contributed by atoms with Gasteiger partial charge in [0.25, 0.3) is 0 Å². The summed E-state index contributed by atoms with van der Waals surface area (Å²) in [6.07, 6.45) is 4.26. The van der Waals surface area contributed by atoms with Gasteiger partial charge in [-0.25, -0.2) is 0 Å². The van der Waals surface area contributed by atoms with Crippen LogP contribution in [0.4, 0.5) is 0 Å². The molecule has 1 aromatic rings. The van der Waals surface area contributed by atoms with Crippen LogP contribution >= 0.6 is 0 Å². The van der Waals surface area contributed by atoms with Crippen LogP contribution in [-0.2, 0) is 6.42 Å². The van der Waals surface area contributed by atoms with Crippen LogP contribution in [0.25, 0.3) is 0 Å². The second-order valence-electron chi connectivity index (χ2n) is 3.98. The predicted molar refractivity (Wildman–Crippen MR) is 55.5 cm³/mol. The van der Waals surface area contributed by atoms with Gasteiger partial charge in [0.05, 0.1) is 0 Å². The van der Waals surface area contributed by atoms with E-state index in [-0.39, 0.29) is 6.61 Å². The average molecular weight is 192 g/mol. The van der Waals surface area contributed by atoms with Crippen LogP contribution in [0.5, 0.6) is 5.75 Å². The van der Waals surface area contributed by atoms with E-state index in [4.69, 9.17) is 5.11 Å². The Morgan fingerprint density at radius 3 is 3.00 bits per heavy atom. The Kier molecular flexibility index (Phi) is 2.73. The highest BCUT2D eigenvalue weighted by Crippen LogP contribution is 2.35. The van der Waals surface area contributed by atoms with Gasteiger partial charge in [-0.05, 0) is 54.9 Å². The van der Waals surface area contributed by atoms with E-state index in [0.29, 0.717) is 11.7 Å². The van der Waals surface area contributed by atoms with Crippen molar-refractivity contribution >= 4 is 0 Å². The monoisotopic (exact) mass is 192 g/mol. The summed E-state index contributed by atoms with van der Waals surface area (Å²) in [5.41, 5.74) is 2.58. The number of hydrogen-bond donors (Lipinski definition) is 2. The molecule has 1 unspecified atom stereocenters. The molecule has 0 aromatic heterocycles. The second-order valence-corrected chi connectivity index (χ2v) is 3.98. The van der Waals surface area contributed by atoms with Gasteiger partial charge in [-0.2, -0.15) is 0 Å². The largest absolute Gasteiger partial charge is 0.508 e. The SMILES string of the molecule is OCCC1CCCc2ccc(O)cc21. The van der Waals surface area contributed by atoms with E-state index < -0.39 is 0 Å². The number of fused-ring (bicyclic) bond motifs is 1. The van der Waals surface area contributed by atoms with Crippen LogP contribution in [0.15, 0.2) is 18.2 Å². The molecule has 1 aliphatic rings. The van der Waals surface area contributed by atoms with Crippen LogP contribution < -0.4 is 0 Å². The molecule has 0 fully saturated rings. The molecule has 2 heteroatoms. The van der Waals surface area contributed by atoms with Gasteiger partial charge in [0.2, 0.25) is 0 Å². The van der Waals surface area contributed by atoms with Crippen molar-refractivity contribution in [3.63, 3.8) is 0 Å². The summed E-state index contributed by atoms with van der Waals surface area (Å²) in [6, 6.07) is 5.61. The number of phenols is 1. The van der Waals surface area contributed by atoms with Crippen molar-refractivity contribution in [3.8, 4) is 5.75 Å². The molecule has 76 valence electrons. The number of aromatic hydroxyl groups is 1. The summed E-state index contributed by atoms with van der Waals surface area (Å²) in [7, 11) is 0. The summed E-state index contributed by atoms with van der Waals surface area (Å²) >= 11 is 0. The Hall–Kier alpha value is -1.02. The minimum atomic E-state index is 0.236. The normalized spacial score (nSPS) is 20.5. The van der Waals surface area contributed by atoms with E-state index in [1.807, 2.05) is 12.1 Å². The smallest absolute Gasteiger partial charge is 0.115 e. The maximum absolute atomic E-state index is 9.41. The lowest BCUT2D eigenvalue weighted by Crippen LogP contribution is -2.10. The van der Waals surface area contributed by atoms with Crippen molar-refractivity contribution in [2.45, 2.75) is 31.6 Å². The third-order valence-electron chi connectivity index (χ3n) is 3.05. The van der Waals surface area contributed by atoms with Gasteiger partial charge in [-0.15, -0.1) is 0 Å². The molecular formula is C12H16O2. The van der Waals surface area contributed by atoms with Gasteiger partial charge in [0.1, 0.15) is 5.75 Å². The first-order valence-corrected chi connectivity index (χ1v) is 5.24. The Bertz CT molecular complexity index is 320. The molecule has 0 spiro atoms. The number of benzene rings is 1. The molecule has 0 saturated heterocycles. The fourth-order valence-corrected chi connectivity index (χ4v) is 2.34. The Morgan fingerprint density at radius 2 is 2.21 bits per heavy atom. The molecule has 1 aromatic carbocycles. The van der Waals surface area contributed by atoms with Gasteiger partial charge < -0.3 is 10.2 Å². The number of aliphatic hydroxyl groups excluding tert-OH is 1. The van der Waals surface area contributed by atoms with Gasteiger partial charge in [-0.3, -0.25) is 0 Å². The zero-order chi connectivity index (χ0) is 9.97. The molecule has 0 heterocycles. The molecular weight excluding hydrogens is 176 g/mol. The number of aryl methyl sites for hydroxylation is 1. The number of hydrogen-bond acceptors (Lipinski definition) is 2. The fraction of sp³-hybridized carbons (Fsp3) is 0.500. The standard InChI is InChI=1S/C12H16O2/c13-7-6-10-3-1-2-9-4-5-11(14)8-12(9)10/h4-5,8,10,13-14H,1-3,6-7H2. The lowest BCUT2D eigenvalue weighted by molar-refractivity contribution is 0.269. The minimum absolute atomic E-state index is 0.236. The average Bonchev–Trinajstić information content (AvgIpc) is 2.19. The van der Waals surface area contributed by atoms with Crippen LogP contribution in [0.3, 0.4) is 0 Å². The molecule has 1 aliphatic carbocycles. The third kappa shape index (κ3) is 1.75. The molecule has 0 saturated carbocycles. The molecule has 0 aliphatic heterocycles. The van der Waals surface area contributed by atoms with E-state index in [0.717, 1.165) is 19.3 Å². The van der Waals surface area contributed by atoms with Gasteiger partial charge in [0.15, 0.2) is 0 Å². The predicted octanol–water partition coefficient (Wildman–Crippen LogP) is 2.19. The molecule has 0 radical (unpaired) electrons. The number of rotatable bonds is 2. The maximum atomic E-state index is 9.41.